The van der Waals surface area contributed by atoms with Crippen molar-refractivity contribution in [3.8, 4) is 0 Å². The third-order valence-corrected chi connectivity index (χ3v) is 3.83. The topological polar surface area (TPSA) is 57.0 Å². The fourth-order valence-electron chi connectivity index (χ4n) is 2.39. The minimum Gasteiger partial charge on any atom is -0.465 e. The van der Waals surface area contributed by atoms with Crippen LogP contribution in [-0.2, 0) is 29.4 Å². The van der Waals surface area contributed by atoms with Gasteiger partial charge in [-0.1, -0.05) is 30.3 Å². The van der Waals surface area contributed by atoms with Gasteiger partial charge in [-0.05, 0) is 31.2 Å². The van der Waals surface area contributed by atoms with E-state index >= 15 is 0 Å². The molecule has 0 amide bonds. The second-order valence-electron chi connectivity index (χ2n) is 5.77. The Kier molecular flexibility index (Phi) is 4.51. The predicted octanol–water partition coefficient (Wildman–Crippen LogP) is 2.41. The molecule has 1 aromatic heterocycles. The number of ether oxygens (including phenoxy) is 1. The molecule has 0 bridgehead atoms. The summed E-state index contributed by atoms with van der Waals surface area (Å²) in [7, 11) is 1.83. The molecular formula is C17H21N3O2. The molecule has 1 aliphatic rings. The van der Waals surface area contributed by atoms with Crippen LogP contribution < -0.4 is 0 Å². The molecule has 5 nitrogen and oxygen atoms in total. The Morgan fingerprint density at radius 2 is 2.09 bits per heavy atom. The maximum atomic E-state index is 11.9. The largest absolute Gasteiger partial charge is 0.465 e. The van der Waals surface area contributed by atoms with Crippen molar-refractivity contribution in [1.82, 2.24) is 14.8 Å². The highest BCUT2D eigenvalue weighted by Gasteiger charge is 2.28. The Morgan fingerprint density at radius 3 is 2.82 bits per heavy atom. The second kappa shape index (κ2) is 6.73. The maximum absolute atomic E-state index is 11.9. The number of aryl methyl sites for hydroxylation is 2. The lowest BCUT2D eigenvalue weighted by Crippen LogP contribution is -2.13. The van der Waals surface area contributed by atoms with E-state index in [1.165, 1.54) is 5.56 Å². The van der Waals surface area contributed by atoms with Gasteiger partial charge in [0.1, 0.15) is 12.2 Å². The molecule has 22 heavy (non-hydrogen) atoms. The molecule has 3 rings (SSSR count). The molecule has 1 fully saturated rings. The zero-order valence-corrected chi connectivity index (χ0v) is 12.9. The summed E-state index contributed by atoms with van der Waals surface area (Å²) < 4.78 is 6.98. The first kappa shape index (κ1) is 14.8. The fraction of sp³-hybridized carbons (Fsp3) is 0.471. The van der Waals surface area contributed by atoms with Crippen molar-refractivity contribution in [3.05, 3.63) is 47.5 Å². The summed E-state index contributed by atoms with van der Waals surface area (Å²) in [6, 6.07) is 10.2. The summed E-state index contributed by atoms with van der Waals surface area (Å²) in [5, 5.41) is 4.36. The minimum absolute atomic E-state index is 0.196. The summed E-state index contributed by atoms with van der Waals surface area (Å²) in [5.41, 5.74) is 1.26. The third-order valence-electron chi connectivity index (χ3n) is 3.83. The molecule has 2 aromatic rings. The lowest BCUT2D eigenvalue weighted by molar-refractivity contribution is -0.143. The second-order valence-corrected chi connectivity index (χ2v) is 5.77. The SMILES string of the molecule is Cn1nc(C2CC2)nc1CC(=O)OCCCc1ccccc1. The lowest BCUT2D eigenvalue weighted by atomic mass is 10.1. The van der Waals surface area contributed by atoms with Gasteiger partial charge < -0.3 is 4.74 Å². The van der Waals surface area contributed by atoms with E-state index < -0.39 is 0 Å². The van der Waals surface area contributed by atoms with Crippen molar-refractivity contribution in [1.29, 1.82) is 0 Å². The highest BCUT2D eigenvalue weighted by Crippen LogP contribution is 2.37. The smallest absolute Gasteiger partial charge is 0.313 e. The molecule has 1 saturated carbocycles. The van der Waals surface area contributed by atoms with Crippen LogP contribution in [0, 0.1) is 0 Å². The van der Waals surface area contributed by atoms with E-state index in [2.05, 4.69) is 22.2 Å². The van der Waals surface area contributed by atoms with Gasteiger partial charge in [0.2, 0.25) is 0 Å². The van der Waals surface area contributed by atoms with Crippen LogP contribution in [0.1, 0.15) is 42.4 Å². The van der Waals surface area contributed by atoms with E-state index in [1.807, 2.05) is 25.2 Å². The molecule has 0 saturated heterocycles. The molecule has 5 heteroatoms. The summed E-state index contributed by atoms with van der Waals surface area (Å²) >= 11 is 0. The number of esters is 1. The molecule has 0 spiro atoms. The number of nitrogens with zero attached hydrogens (tertiary/aromatic N) is 3. The van der Waals surface area contributed by atoms with Crippen molar-refractivity contribution < 1.29 is 9.53 Å². The van der Waals surface area contributed by atoms with E-state index in [0.29, 0.717) is 18.3 Å². The molecule has 0 atom stereocenters. The van der Waals surface area contributed by atoms with Crippen LogP contribution in [0.5, 0.6) is 0 Å². The highest BCUT2D eigenvalue weighted by atomic mass is 16.5. The Bertz CT molecular complexity index is 633. The number of aromatic nitrogens is 3. The molecule has 0 aliphatic heterocycles. The van der Waals surface area contributed by atoms with Gasteiger partial charge in [0.15, 0.2) is 5.82 Å². The van der Waals surface area contributed by atoms with Gasteiger partial charge >= 0.3 is 5.97 Å². The number of rotatable bonds is 7. The van der Waals surface area contributed by atoms with Gasteiger partial charge in [0.25, 0.3) is 0 Å². The third kappa shape index (κ3) is 3.93. The first-order chi connectivity index (χ1) is 10.7. The van der Waals surface area contributed by atoms with Crippen LogP contribution in [0.4, 0.5) is 0 Å². The predicted molar refractivity (Wildman–Crippen MR) is 82.4 cm³/mol. The van der Waals surface area contributed by atoms with Crippen molar-refractivity contribution in [2.24, 2.45) is 7.05 Å². The van der Waals surface area contributed by atoms with Gasteiger partial charge in [-0.15, -0.1) is 0 Å². The number of carbonyl (C=O) groups is 1. The van der Waals surface area contributed by atoms with Crippen LogP contribution in [0.2, 0.25) is 0 Å². The standard InChI is InChI=1S/C17H21N3O2/c1-20-15(18-17(19-20)14-9-10-14)12-16(21)22-11-5-8-13-6-3-2-4-7-13/h2-4,6-7,14H,5,8-12H2,1H3. The first-order valence-corrected chi connectivity index (χ1v) is 7.82. The fourth-order valence-corrected chi connectivity index (χ4v) is 2.39. The molecule has 0 unspecified atom stereocenters. The first-order valence-electron chi connectivity index (χ1n) is 7.82. The highest BCUT2D eigenvalue weighted by molar-refractivity contribution is 5.71. The van der Waals surface area contributed by atoms with E-state index in [-0.39, 0.29) is 12.4 Å². The quantitative estimate of drug-likeness (QED) is 0.582. The zero-order chi connectivity index (χ0) is 15.4. The van der Waals surface area contributed by atoms with E-state index in [1.54, 1.807) is 4.68 Å². The molecule has 0 N–H and O–H groups in total. The van der Waals surface area contributed by atoms with E-state index in [0.717, 1.165) is 31.5 Å². The van der Waals surface area contributed by atoms with Crippen LogP contribution >= 0.6 is 0 Å². The lowest BCUT2D eigenvalue weighted by Gasteiger charge is -2.04. The van der Waals surface area contributed by atoms with Crippen LogP contribution in [0.3, 0.4) is 0 Å². The molecule has 1 aliphatic carbocycles. The summed E-state index contributed by atoms with van der Waals surface area (Å²) in [4.78, 5) is 16.3. The number of hydrogen-bond donors (Lipinski definition) is 0. The van der Waals surface area contributed by atoms with E-state index in [4.69, 9.17) is 4.74 Å². The molecule has 1 aromatic carbocycles. The maximum Gasteiger partial charge on any atom is 0.313 e. The van der Waals surface area contributed by atoms with Crippen molar-refractivity contribution in [2.45, 2.75) is 38.0 Å². The van der Waals surface area contributed by atoms with Crippen LogP contribution in [0.15, 0.2) is 30.3 Å². The normalized spacial score (nSPS) is 14.0. The zero-order valence-electron chi connectivity index (χ0n) is 12.9. The van der Waals surface area contributed by atoms with Gasteiger partial charge in [0, 0.05) is 13.0 Å². The summed E-state index contributed by atoms with van der Waals surface area (Å²) in [6.07, 6.45) is 4.27. The summed E-state index contributed by atoms with van der Waals surface area (Å²) in [6.45, 7) is 0.445. The van der Waals surface area contributed by atoms with Crippen LogP contribution in [-0.4, -0.2) is 27.3 Å². The molecular weight excluding hydrogens is 278 g/mol. The van der Waals surface area contributed by atoms with Crippen molar-refractivity contribution in [2.75, 3.05) is 6.61 Å². The van der Waals surface area contributed by atoms with Gasteiger partial charge in [0.05, 0.1) is 6.61 Å². The van der Waals surface area contributed by atoms with Crippen molar-refractivity contribution >= 4 is 5.97 Å². The van der Waals surface area contributed by atoms with Gasteiger partial charge in [-0.3, -0.25) is 9.48 Å². The Morgan fingerprint density at radius 1 is 1.32 bits per heavy atom. The Balaban J connectivity index is 1.40. The number of benzene rings is 1. The van der Waals surface area contributed by atoms with Crippen LogP contribution in [0.25, 0.3) is 0 Å². The van der Waals surface area contributed by atoms with E-state index in [9.17, 15) is 4.79 Å². The minimum atomic E-state index is -0.231. The number of carbonyl (C=O) groups excluding carboxylic acids is 1. The number of hydrogen-bond acceptors (Lipinski definition) is 4. The monoisotopic (exact) mass is 299 g/mol. The Labute approximate surface area is 130 Å². The average Bonchev–Trinajstić information content (AvgIpc) is 3.31. The average molecular weight is 299 g/mol. The molecule has 1 heterocycles. The van der Waals surface area contributed by atoms with Gasteiger partial charge in [-0.25, -0.2) is 4.98 Å². The summed E-state index contributed by atoms with van der Waals surface area (Å²) in [5.74, 6) is 1.83. The van der Waals surface area contributed by atoms with Crippen molar-refractivity contribution in [3.63, 3.8) is 0 Å². The van der Waals surface area contributed by atoms with Gasteiger partial charge in [-0.2, -0.15) is 5.10 Å². The Hall–Kier alpha value is -2.17. The molecule has 116 valence electrons. The molecule has 0 radical (unpaired) electrons.